The number of hydrogen-bond donors (Lipinski definition) is 0. The van der Waals surface area contributed by atoms with Crippen LogP contribution < -0.4 is 0 Å². The molecule has 2 aliphatic heterocycles. The fraction of sp³-hybridized carbons (Fsp3) is 0.792. The number of aliphatic imine (C=N–C) groups is 1. The van der Waals surface area contributed by atoms with Crippen LogP contribution in [0.3, 0.4) is 0 Å². The van der Waals surface area contributed by atoms with E-state index in [9.17, 15) is 9.59 Å². The van der Waals surface area contributed by atoms with E-state index in [0.29, 0.717) is 17.7 Å². The number of likely N-dealkylation sites (tertiary alicyclic amines) is 1. The summed E-state index contributed by atoms with van der Waals surface area (Å²) < 4.78 is 0. The van der Waals surface area contributed by atoms with E-state index in [0.717, 1.165) is 70.4 Å². The summed E-state index contributed by atoms with van der Waals surface area (Å²) in [6.45, 7) is 12.5. The molecule has 30 heavy (non-hydrogen) atoms. The van der Waals surface area contributed by atoms with Crippen molar-refractivity contribution in [2.45, 2.75) is 92.5 Å². The van der Waals surface area contributed by atoms with Crippen LogP contribution in [0.4, 0.5) is 0 Å². The minimum atomic E-state index is -0.401. The zero-order chi connectivity index (χ0) is 20.7. The second kappa shape index (κ2) is 13.9. The molecular formula is C24H43N3O2Y-2. The van der Waals surface area contributed by atoms with Gasteiger partial charge >= 0.3 is 0 Å². The standard InChI is InChI=1S/C19H27N3O2.2C2H6.CH4.Y/c1-2-3-4-16-20-19(9-10-19)18(24)22(16)13-14-7-11-21(12-8-14)17(23)15-5-6-15;2*1-2;;/h2,4,14-15H,3,5-13H2,1H3;2*1-2H3;1H4;/q-2;;;;. The first-order valence-electron chi connectivity index (χ1n) is 11.4. The van der Waals surface area contributed by atoms with E-state index in [1.807, 2.05) is 44.4 Å². The van der Waals surface area contributed by atoms with Gasteiger partial charge in [0.05, 0.1) is 0 Å². The van der Waals surface area contributed by atoms with E-state index < -0.39 is 5.54 Å². The number of rotatable bonds is 6. The fourth-order valence-electron chi connectivity index (χ4n) is 3.86. The summed E-state index contributed by atoms with van der Waals surface area (Å²) in [6.07, 6.45) is 11.0. The van der Waals surface area contributed by atoms with E-state index in [4.69, 9.17) is 4.99 Å². The molecule has 0 unspecified atom stereocenters. The van der Waals surface area contributed by atoms with Gasteiger partial charge < -0.3 is 22.6 Å². The Balaban J connectivity index is 0.00000133. The van der Waals surface area contributed by atoms with Crippen LogP contribution in [-0.2, 0) is 42.3 Å². The second-order valence-corrected chi connectivity index (χ2v) is 7.81. The topological polar surface area (TPSA) is 53.0 Å². The smallest absolute Gasteiger partial charge is 0.253 e. The molecule has 2 heterocycles. The van der Waals surface area contributed by atoms with Crippen molar-refractivity contribution in [2.75, 3.05) is 19.6 Å². The van der Waals surface area contributed by atoms with Gasteiger partial charge in [0.2, 0.25) is 5.91 Å². The first-order chi connectivity index (χ1) is 13.6. The number of unbranched alkanes of at least 4 members (excludes halogenated alkanes) is 1. The number of piperidine rings is 1. The molecule has 4 rings (SSSR count). The van der Waals surface area contributed by atoms with E-state index in [1.54, 1.807) is 0 Å². The Morgan fingerprint density at radius 2 is 1.67 bits per heavy atom. The van der Waals surface area contributed by atoms with Gasteiger partial charge in [0, 0.05) is 58.3 Å². The van der Waals surface area contributed by atoms with Crippen molar-refractivity contribution in [1.82, 2.24) is 9.80 Å². The Morgan fingerprint density at radius 3 is 2.13 bits per heavy atom. The average molecular weight is 495 g/mol. The van der Waals surface area contributed by atoms with E-state index in [2.05, 4.69) is 12.8 Å². The molecule has 6 heteroatoms. The normalized spacial score (nSPS) is 21.2. The SMILES string of the molecule is C.CC.CC.C[CH-]C[CH-]C1=NC2(CC2)C(=O)N1CC1CCN(C(=O)C2CC2)CC1.[Y]. The molecule has 0 N–H and O–H groups in total. The number of carbonyl (C=O) groups excluding carboxylic acids is 2. The van der Waals surface area contributed by atoms with Crippen molar-refractivity contribution in [2.24, 2.45) is 16.8 Å². The van der Waals surface area contributed by atoms with E-state index in [1.165, 1.54) is 0 Å². The Hall–Kier alpha value is -0.416. The minimum absolute atomic E-state index is 0. The van der Waals surface area contributed by atoms with Crippen LogP contribution in [0.1, 0.15) is 87.0 Å². The molecule has 0 aromatic carbocycles. The molecule has 0 atom stereocenters. The van der Waals surface area contributed by atoms with Gasteiger partial charge in [-0.15, -0.1) is 0 Å². The molecule has 5 nitrogen and oxygen atoms in total. The quantitative estimate of drug-likeness (QED) is 0.493. The molecule has 2 aliphatic carbocycles. The summed E-state index contributed by atoms with van der Waals surface area (Å²) in [5.41, 5.74) is -0.401. The third-order valence-electron chi connectivity index (χ3n) is 5.80. The van der Waals surface area contributed by atoms with Crippen LogP contribution >= 0.6 is 0 Å². The van der Waals surface area contributed by atoms with Gasteiger partial charge in [0.15, 0.2) is 0 Å². The minimum Gasteiger partial charge on any atom is -0.358 e. The van der Waals surface area contributed by atoms with Crippen LogP contribution in [0.2, 0.25) is 0 Å². The Kier molecular flexibility index (Phi) is 13.7. The number of carbonyl (C=O) groups is 2. The van der Waals surface area contributed by atoms with Crippen molar-refractivity contribution < 1.29 is 42.3 Å². The van der Waals surface area contributed by atoms with Gasteiger partial charge in [-0.05, 0) is 50.3 Å². The molecule has 4 aliphatic rings. The van der Waals surface area contributed by atoms with Gasteiger partial charge in [-0.25, -0.2) is 0 Å². The largest absolute Gasteiger partial charge is 0.358 e. The summed E-state index contributed by atoms with van der Waals surface area (Å²) in [5, 5.41) is 0. The van der Waals surface area contributed by atoms with Gasteiger partial charge in [0.1, 0.15) is 5.54 Å². The number of nitrogens with zero attached hydrogens (tertiary/aromatic N) is 3. The summed E-state index contributed by atoms with van der Waals surface area (Å²) in [4.78, 5) is 33.6. The third kappa shape index (κ3) is 7.05. The zero-order valence-corrected chi connectivity index (χ0v) is 22.0. The van der Waals surface area contributed by atoms with Crippen LogP contribution in [0, 0.1) is 24.7 Å². The van der Waals surface area contributed by atoms with Gasteiger partial charge in [0.25, 0.3) is 5.91 Å². The average Bonchev–Trinajstić information content (AvgIpc) is 3.66. The van der Waals surface area contributed by atoms with Gasteiger partial charge in [-0.2, -0.15) is 6.92 Å². The van der Waals surface area contributed by atoms with Crippen LogP contribution in [0.15, 0.2) is 4.99 Å². The van der Waals surface area contributed by atoms with Crippen molar-refractivity contribution in [3.63, 3.8) is 0 Å². The number of hydrogen-bond acceptors (Lipinski definition) is 3. The zero-order valence-electron chi connectivity index (χ0n) is 19.1. The van der Waals surface area contributed by atoms with Crippen molar-refractivity contribution in [1.29, 1.82) is 0 Å². The summed E-state index contributed by atoms with van der Waals surface area (Å²) in [6, 6.07) is 0. The van der Waals surface area contributed by atoms with Crippen LogP contribution in [0.25, 0.3) is 0 Å². The first-order valence-corrected chi connectivity index (χ1v) is 11.4. The summed E-state index contributed by atoms with van der Waals surface area (Å²) >= 11 is 0. The molecule has 2 amide bonds. The Labute approximate surface area is 210 Å². The number of amidine groups is 1. The maximum absolute atomic E-state index is 12.7. The van der Waals surface area contributed by atoms with Crippen LogP contribution in [0.5, 0.6) is 0 Å². The monoisotopic (exact) mass is 494 g/mol. The predicted octanol–water partition coefficient (Wildman–Crippen LogP) is 4.91. The Bertz CT molecular complexity index is 563. The molecule has 1 saturated heterocycles. The molecule has 1 spiro atoms. The maximum atomic E-state index is 12.7. The molecule has 1 radical (unpaired) electrons. The Morgan fingerprint density at radius 1 is 1.10 bits per heavy atom. The fourth-order valence-corrected chi connectivity index (χ4v) is 3.86. The molecule has 0 aromatic rings. The molecule has 0 bridgehead atoms. The predicted molar refractivity (Wildman–Crippen MR) is 121 cm³/mol. The molecule has 2 saturated carbocycles. The van der Waals surface area contributed by atoms with E-state index >= 15 is 0 Å². The molecule has 171 valence electrons. The summed E-state index contributed by atoms with van der Waals surface area (Å²) in [7, 11) is 0. The summed E-state index contributed by atoms with van der Waals surface area (Å²) in [5.74, 6) is 2.25. The molecular weight excluding hydrogens is 451 g/mol. The number of amides is 2. The van der Waals surface area contributed by atoms with Gasteiger partial charge in [-0.1, -0.05) is 35.1 Å². The first kappa shape index (κ1) is 29.6. The third-order valence-corrected chi connectivity index (χ3v) is 5.80. The van der Waals surface area contributed by atoms with E-state index in [-0.39, 0.29) is 46.0 Å². The molecule has 3 fully saturated rings. The van der Waals surface area contributed by atoms with Crippen molar-refractivity contribution >= 4 is 17.6 Å². The maximum Gasteiger partial charge on any atom is 0.253 e. The molecule has 0 aromatic heterocycles. The van der Waals surface area contributed by atoms with Crippen molar-refractivity contribution in [3.05, 3.63) is 12.8 Å². The second-order valence-electron chi connectivity index (χ2n) is 7.81. The van der Waals surface area contributed by atoms with Crippen LogP contribution in [-0.4, -0.2) is 52.6 Å². The van der Waals surface area contributed by atoms with Gasteiger partial charge in [-0.3, -0.25) is 21.0 Å². The van der Waals surface area contributed by atoms with Crippen molar-refractivity contribution in [3.8, 4) is 0 Å².